The summed E-state index contributed by atoms with van der Waals surface area (Å²) < 4.78 is 6.33. The highest BCUT2D eigenvalue weighted by molar-refractivity contribution is 6.18. The van der Waals surface area contributed by atoms with Gasteiger partial charge in [-0.15, -0.1) is 23.2 Å². The third-order valence-electron chi connectivity index (χ3n) is 4.91. The number of rotatable bonds is 8. The minimum atomic E-state index is 0.685. The first-order valence-corrected chi connectivity index (χ1v) is 10.0. The molecular weight excluding hydrogens is 351 g/mol. The Balaban J connectivity index is 2.33. The number of benzene rings is 2. The maximum atomic E-state index is 6.33. The molecule has 0 saturated carbocycles. The van der Waals surface area contributed by atoms with E-state index in [0.29, 0.717) is 11.8 Å². The predicted molar refractivity (Wildman–Crippen MR) is 110 cm³/mol. The molecular formula is C22H28Cl2O. The first-order chi connectivity index (χ1) is 12.0. The molecule has 0 radical (unpaired) electrons. The molecule has 0 unspecified atom stereocenters. The summed E-state index contributed by atoms with van der Waals surface area (Å²) in [5.41, 5.74) is 7.74. The van der Waals surface area contributed by atoms with Gasteiger partial charge in [-0.25, -0.2) is 0 Å². The lowest BCUT2D eigenvalue weighted by Crippen LogP contribution is -2.01. The fourth-order valence-corrected chi connectivity index (χ4v) is 3.60. The number of alkyl halides is 2. The van der Waals surface area contributed by atoms with Crippen LogP contribution in [0.4, 0.5) is 0 Å². The van der Waals surface area contributed by atoms with Crippen molar-refractivity contribution in [2.24, 2.45) is 0 Å². The van der Waals surface area contributed by atoms with Gasteiger partial charge in [0.15, 0.2) is 0 Å². The largest absolute Gasteiger partial charge is 0.457 e. The first-order valence-electron chi connectivity index (χ1n) is 8.97. The Morgan fingerprint density at radius 2 is 1.08 bits per heavy atom. The van der Waals surface area contributed by atoms with Gasteiger partial charge in [0.1, 0.15) is 11.5 Å². The molecule has 0 aliphatic rings. The Morgan fingerprint density at radius 1 is 0.680 bits per heavy atom. The van der Waals surface area contributed by atoms with Gasteiger partial charge in [-0.2, -0.15) is 0 Å². The van der Waals surface area contributed by atoms with Crippen LogP contribution in [0, 0.1) is 27.7 Å². The molecule has 1 nitrogen and oxygen atoms in total. The van der Waals surface area contributed by atoms with E-state index in [1.807, 2.05) is 0 Å². The Hall–Kier alpha value is -1.18. The summed E-state index contributed by atoms with van der Waals surface area (Å²) in [6.07, 6.45) is 3.95. The number of hydrogen-bond acceptors (Lipinski definition) is 1. The van der Waals surface area contributed by atoms with Crippen LogP contribution in [0.1, 0.15) is 46.2 Å². The van der Waals surface area contributed by atoms with Gasteiger partial charge in [0.2, 0.25) is 0 Å². The lowest BCUT2D eigenvalue weighted by atomic mass is 9.97. The first kappa shape index (κ1) is 20.1. The number of halogens is 2. The average molecular weight is 379 g/mol. The van der Waals surface area contributed by atoms with E-state index in [2.05, 4.69) is 52.0 Å². The van der Waals surface area contributed by atoms with E-state index >= 15 is 0 Å². The van der Waals surface area contributed by atoms with Crippen LogP contribution in [0.3, 0.4) is 0 Å². The van der Waals surface area contributed by atoms with Crippen LogP contribution >= 0.6 is 23.2 Å². The minimum absolute atomic E-state index is 0.685. The van der Waals surface area contributed by atoms with Gasteiger partial charge in [0.25, 0.3) is 0 Å². The molecule has 0 atom stereocenters. The highest BCUT2D eigenvalue weighted by Gasteiger charge is 2.13. The maximum absolute atomic E-state index is 6.33. The molecule has 25 heavy (non-hydrogen) atoms. The molecule has 0 saturated heterocycles. The molecule has 0 spiro atoms. The number of ether oxygens (including phenoxy) is 1. The highest BCUT2D eigenvalue weighted by atomic mass is 35.5. The lowest BCUT2D eigenvalue weighted by Gasteiger charge is -2.18. The molecule has 2 aromatic rings. The van der Waals surface area contributed by atoms with Crippen LogP contribution < -0.4 is 4.74 Å². The van der Waals surface area contributed by atoms with Crippen molar-refractivity contribution in [2.45, 2.75) is 53.4 Å². The van der Waals surface area contributed by atoms with E-state index < -0.39 is 0 Å². The molecule has 0 aliphatic carbocycles. The van der Waals surface area contributed by atoms with Crippen molar-refractivity contribution < 1.29 is 4.74 Å². The second kappa shape index (κ2) is 9.50. The summed E-state index contributed by atoms with van der Waals surface area (Å²) in [4.78, 5) is 0. The molecule has 0 aliphatic heterocycles. The summed E-state index contributed by atoms with van der Waals surface area (Å²) in [6, 6.07) is 8.44. The van der Waals surface area contributed by atoms with Crippen molar-refractivity contribution in [3.63, 3.8) is 0 Å². The third-order valence-corrected chi connectivity index (χ3v) is 5.44. The molecule has 0 fully saturated rings. The Labute approximate surface area is 162 Å². The quantitative estimate of drug-likeness (QED) is 0.446. The lowest BCUT2D eigenvalue weighted by molar-refractivity contribution is 0.473. The van der Waals surface area contributed by atoms with Gasteiger partial charge >= 0.3 is 0 Å². The van der Waals surface area contributed by atoms with Gasteiger partial charge in [-0.3, -0.25) is 0 Å². The summed E-state index contributed by atoms with van der Waals surface area (Å²) in [5.74, 6) is 3.24. The molecule has 3 heteroatoms. The fourth-order valence-electron chi connectivity index (χ4n) is 3.34. The standard InChI is InChI=1S/C22H28Cl2O/c1-15-9-11-21(17(3)19(15)7-5-13-23)25-22-12-10-16(2)20(18(22)4)8-6-14-24/h9-12H,5-8,13-14H2,1-4H3. The Kier molecular flexibility index (Phi) is 7.65. The molecule has 0 aromatic heterocycles. The monoisotopic (exact) mass is 378 g/mol. The minimum Gasteiger partial charge on any atom is -0.457 e. The van der Waals surface area contributed by atoms with Gasteiger partial charge in [-0.05, 0) is 98.9 Å². The van der Waals surface area contributed by atoms with E-state index in [4.69, 9.17) is 27.9 Å². The van der Waals surface area contributed by atoms with E-state index in [1.165, 1.54) is 33.4 Å². The Bertz CT molecular complexity index is 661. The van der Waals surface area contributed by atoms with E-state index in [1.54, 1.807) is 0 Å². The summed E-state index contributed by atoms with van der Waals surface area (Å²) in [5, 5.41) is 0. The highest BCUT2D eigenvalue weighted by Crippen LogP contribution is 2.33. The van der Waals surface area contributed by atoms with Crippen LogP contribution in [-0.2, 0) is 12.8 Å². The van der Waals surface area contributed by atoms with Crippen LogP contribution in [0.2, 0.25) is 0 Å². The molecule has 0 heterocycles. The molecule has 0 amide bonds. The van der Waals surface area contributed by atoms with Crippen LogP contribution in [0.25, 0.3) is 0 Å². The maximum Gasteiger partial charge on any atom is 0.130 e. The van der Waals surface area contributed by atoms with Crippen molar-refractivity contribution >= 4 is 23.2 Å². The predicted octanol–water partition coefficient (Wildman–Crippen LogP) is 7.06. The fraction of sp³-hybridized carbons (Fsp3) is 0.455. The summed E-state index contributed by atoms with van der Waals surface area (Å²) >= 11 is 11.8. The smallest absolute Gasteiger partial charge is 0.130 e. The molecule has 136 valence electrons. The SMILES string of the molecule is Cc1ccc(Oc2ccc(C)c(CCCCl)c2C)c(C)c1CCCCl. The molecule has 2 rings (SSSR count). The summed E-state index contributed by atoms with van der Waals surface area (Å²) in [7, 11) is 0. The Morgan fingerprint density at radius 3 is 1.44 bits per heavy atom. The van der Waals surface area contributed by atoms with Crippen molar-refractivity contribution in [3.05, 3.63) is 57.6 Å². The summed E-state index contributed by atoms with van der Waals surface area (Å²) in [6.45, 7) is 8.59. The number of hydrogen-bond donors (Lipinski definition) is 0. The van der Waals surface area contributed by atoms with Gasteiger partial charge < -0.3 is 4.74 Å². The van der Waals surface area contributed by atoms with E-state index in [9.17, 15) is 0 Å². The molecule has 2 aromatic carbocycles. The van der Waals surface area contributed by atoms with E-state index in [0.717, 1.165) is 37.2 Å². The van der Waals surface area contributed by atoms with Gasteiger partial charge in [0.05, 0.1) is 0 Å². The van der Waals surface area contributed by atoms with Crippen LogP contribution in [0.5, 0.6) is 11.5 Å². The molecule has 0 bridgehead atoms. The van der Waals surface area contributed by atoms with Crippen molar-refractivity contribution in [1.82, 2.24) is 0 Å². The number of aryl methyl sites for hydroxylation is 2. The van der Waals surface area contributed by atoms with Gasteiger partial charge in [-0.1, -0.05) is 12.1 Å². The second-order valence-electron chi connectivity index (χ2n) is 6.66. The van der Waals surface area contributed by atoms with E-state index in [-0.39, 0.29) is 0 Å². The van der Waals surface area contributed by atoms with Crippen molar-refractivity contribution in [2.75, 3.05) is 11.8 Å². The topological polar surface area (TPSA) is 9.23 Å². The third kappa shape index (κ3) is 4.92. The second-order valence-corrected chi connectivity index (χ2v) is 7.41. The van der Waals surface area contributed by atoms with Gasteiger partial charge in [0, 0.05) is 11.8 Å². The zero-order valence-corrected chi connectivity index (χ0v) is 17.2. The van der Waals surface area contributed by atoms with Crippen molar-refractivity contribution in [3.8, 4) is 11.5 Å². The van der Waals surface area contributed by atoms with Crippen molar-refractivity contribution in [1.29, 1.82) is 0 Å². The van der Waals surface area contributed by atoms with Crippen LogP contribution in [0.15, 0.2) is 24.3 Å². The normalized spacial score (nSPS) is 11.0. The molecule has 0 N–H and O–H groups in total. The average Bonchev–Trinajstić information content (AvgIpc) is 2.59. The zero-order valence-electron chi connectivity index (χ0n) is 15.7. The van der Waals surface area contributed by atoms with Crippen LogP contribution in [-0.4, -0.2) is 11.8 Å². The zero-order chi connectivity index (χ0) is 18.4.